The van der Waals surface area contributed by atoms with Crippen molar-refractivity contribution < 1.29 is 9.53 Å². The maximum absolute atomic E-state index is 11.8. The average Bonchev–Trinajstić information content (AvgIpc) is 2.52. The van der Waals surface area contributed by atoms with Gasteiger partial charge in [-0.25, -0.2) is 14.9 Å². The molecule has 116 valence electrons. The van der Waals surface area contributed by atoms with Crippen LogP contribution in [-0.2, 0) is 6.54 Å². The van der Waals surface area contributed by atoms with E-state index >= 15 is 0 Å². The molecule has 8 heteroatoms. The highest BCUT2D eigenvalue weighted by atomic mass is 16.5. The van der Waals surface area contributed by atoms with Gasteiger partial charge in [-0.05, 0) is 25.5 Å². The maximum atomic E-state index is 11.8. The minimum atomic E-state index is -0.430. The number of urea groups is 1. The second kappa shape index (κ2) is 6.70. The summed E-state index contributed by atoms with van der Waals surface area (Å²) in [7, 11) is 1.51. The number of aryl methyl sites for hydroxylation is 1. The molecule has 0 radical (unpaired) electrons. The number of hydrogen-bond acceptors (Lipinski definition) is 5. The number of H-pyrrole nitrogens is 1. The Labute approximate surface area is 126 Å². The lowest BCUT2D eigenvalue weighted by Gasteiger charge is -2.09. The number of aromatic nitrogens is 3. The zero-order chi connectivity index (χ0) is 16.1. The van der Waals surface area contributed by atoms with Gasteiger partial charge in [-0.2, -0.15) is 5.10 Å². The molecule has 2 aromatic rings. The third kappa shape index (κ3) is 3.60. The minimum absolute atomic E-state index is 0.111. The Hall–Kier alpha value is -2.90. The number of pyridine rings is 1. The van der Waals surface area contributed by atoms with Crippen molar-refractivity contribution in [2.75, 3.05) is 12.4 Å². The summed E-state index contributed by atoms with van der Waals surface area (Å²) in [6.45, 7) is 3.69. The third-order valence-electron chi connectivity index (χ3n) is 3.22. The van der Waals surface area contributed by atoms with E-state index in [0.717, 1.165) is 11.3 Å². The van der Waals surface area contributed by atoms with Gasteiger partial charge in [0.25, 0.3) is 5.56 Å². The Kier molecular flexibility index (Phi) is 4.72. The number of hydrogen-bond donors (Lipinski definition) is 3. The van der Waals surface area contributed by atoms with Crippen molar-refractivity contribution in [3.05, 3.63) is 45.5 Å². The van der Waals surface area contributed by atoms with Crippen molar-refractivity contribution in [3.8, 4) is 5.88 Å². The summed E-state index contributed by atoms with van der Waals surface area (Å²) < 4.78 is 4.93. The summed E-state index contributed by atoms with van der Waals surface area (Å²) >= 11 is 0. The highest BCUT2D eigenvalue weighted by Crippen LogP contribution is 2.10. The summed E-state index contributed by atoms with van der Waals surface area (Å²) in [6.07, 6.45) is 1.48. The van der Waals surface area contributed by atoms with Gasteiger partial charge in [-0.3, -0.25) is 4.79 Å². The zero-order valence-electron chi connectivity index (χ0n) is 12.6. The Morgan fingerprint density at radius 3 is 2.77 bits per heavy atom. The number of nitrogens with zero attached hydrogens (tertiary/aromatic N) is 2. The Bertz CT molecular complexity index is 724. The second-order valence-corrected chi connectivity index (χ2v) is 4.64. The molecule has 0 aliphatic rings. The fourth-order valence-electron chi connectivity index (χ4n) is 1.81. The van der Waals surface area contributed by atoms with Crippen LogP contribution in [0.2, 0.25) is 0 Å². The van der Waals surface area contributed by atoms with E-state index in [1.54, 1.807) is 26.0 Å². The first kappa shape index (κ1) is 15.5. The van der Waals surface area contributed by atoms with Crippen LogP contribution >= 0.6 is 0 Å². The fourth-order valence-corrected chi connectivity index (χ4v) is 1.81. The van der Waals surface area contributed by atoms with Crippen molar-refractivity contribution >= 4 is 11.7 Å². The zero-order valence-corrected chi connectivity index (χ0v) is 12.6. The van der Waals surface area contributed by atoms with E-state index in [1.165, 1.54) is 13.3 Å². The number of rotatable bonds is 4. The molecule has 0 aromatic carbocycles. The number of amides is 2. The molecular formula is C14H17N5O3. The maximum Gasteiger partial charge on any atom is 0.319 e. The van der Waals surface area contributed by atoms with Crippen LogP contribution in [0.1, 0.15) is 16.8 Å². The quantitative estimate of drug-likeness (QED) is 0.784. The van der Waals surface area contributed by atoms with Gasteiger partial charge in [0.1, 0.15) is 0 Å². The van der Waals surface area contributed by atoms with Gasteiger partial charge < -0.3 is 15.4 Å². The lowest BCUT2D eigenvalue weighted by atomic mass is 10.1. The molecule has 22 heavy (non-hydrogen) atoms. The molecule has 0 spiro atoms. The standard InChI is InChI=1S/C14H17N5O3/c1-8-9(2)18-19-13(20)11(8)7-16-14(21)17-10-4-5-12(22-3)15-6-10/h4-6H,7H2,1-3H3,(H,19,20)(H2,16,17,21). The van der Waals surface area contributed by atoms with Crippen LogP contribution in [0.4, 0.5) is 10.5 Å². The molecule has 8 nitrogen and oxygen atoms in total. The number of nitrogens with one attached hydrogen (secondary N) is 3. The Morgan fingerprint density at radius 1 is 1.36 bits per heavy atom. The number of anilines is 1. The molecule has 0 saturated heterocycles. The van der Waals surface area contributed by atoms with Gasteiger partial charge in [-0.15, -0.1) is 0 Å². The van der Waals surface area contributed by atoms with Crippen LogP contribution in [0.15, 0.2) is 23.1 Å². The Balaban J connectivity index is 1.98. The first-order valence-corrected chi connectivity index (χ1v) is 6.61. The highest BCUT2D eigenvalue weighted by Gasteiger charge is 2.09. The Morgan fingerprint density at radius 2 is 2.14 bits per heavy atom. The second-order valence-electron chi connectivity index (χ2n) is 4.64. The number of aromatic amines is 1. The van der Waals surface area contributed by atoms with Crippen molar-refractivity contribution in [2.24, 2.45) is 0 Å². The van der Waals surface area contributed by atoms with Crippen molar-refractivity contribution in [1.82, 2.24) is 20.5 Å². The summed E-state index contributed by atoms with van der Waals surface area (Å²) in [4.78, 5) is 27.5. The number of carbonyl (C=O) groups excluding carboxylic acids is 1. The summed E-state index contributed by atoms with van der Waals surface area (Å²) in [6, 6.07) is 2.87. The summed E-state index contributed by atoms with van der Waals surface area (Å²) in [5.41, 5.74) is 2.17. The molecule has 0 aliphatic heterocycles. The van der Waals surface area contributed by atoms with Gasteiger partial charge in [0, 0.05) is 11.6 Å². The molecule has 3 N–H and O–H groups in total. The topological polar surface area (TPSA) is 109 Å². The SMILES string of the molecule is COc1ccc(NC(=O)NCc2c(C)c(C)n[nH]c2=O)cn1. The van der Waals surface area contributed by atoms with E-state index in [2.05, 4.69) is 25.8 Å². The summed E-state index contributed by atoms with van der Waals surface area (Å²) in [5, 5.41) is 11.5. The lowest BCUT2D eigenvalue weighted by molar-refractivity contribution is 0.251. The molecule has 2 aromatic heterocycles. The molecule has 0 atom stereocenters. The minimum Gasteiger partial charge on any atom is -0.481 e. The monoisotopic (exact) mass is 303 g/mol. The van der Waals surface area contributed by atoms with Crippen molar-refractivity contribution in [1.29, 1.82) is 0 Å². The first-order chi connectivity index (χ1) is 10.5. The van der Waals surface area contributed by atoms with Crippen LogP contribution in [0.5, 0.6) is 5.88 Å². The molecular weight excluding hydrogens is 286 g/mol. The van der Waals surface area contributed by atoms with Crippen LogP contribution in [0.3, 0.4) is 0 Å². The molecule has 0 aliphatic carbocycles. The smallest absolute Gasteiger partial charge is 0.319 e. The van der Waals surface area contributed by atoms with Crippen LogP contribution in [0.25, 0.3) is 0 Å². The lowest BCUT2D eigenvalue weighted by Crippen LogP contribution is -2.31. The molecule has 0 fully saturated rings. The van der Waals surface area contributed by atoms with E-state index in [1.807, 2.05) is 0 Å². The van der Waals surface area contributed by atoms with Gasteiger partial charge in [0.2, 0.25) is 5.88 Å². The normalized spacial score (nSPS) is 10.1. The average molecular weight is 303 g/mol. The fraction of sp³-hybridized carbons (Fsp3) is 0.286. The largest absolute Gasteiger partial charge is 0.481 e. The molecule has 0 bridgehead atoms. The van der Waals surface area contributed by atoms with Crippen LogP contribution in [0, 0.1) is 13.8 Å². The summed E-state index contributed by atoms with van der Waals surface area (Å²) in [5.74, 6) is 0.459. The highest BCUT2D eigenvalue weighted by molar-refractivity contribution is 5.88. The van der Waals surface area contributed by atoms with Gasteiger partial charge in [0.15, 0.2) is 0 Å². The first-order valence-electron chi connectivity index (χ1n) is 6.61. The number of carbonyl (C=O) groups is 1. The third-order valence-corrected chi connectivity index (χ3v) is 3.22. The molecule has 2 rings (SSSR count). The van der Waals surface area contributed by atoms with Crippen molar-refractivity contribution in [2.45, 2.75) is 20.4 Å². The van der Waals surface area contributed by atoms with Gasteiger partial charge in [0.05, 0.1) is 31.2 Å². The molecule has 0 unspecified atom stereocenters. The van der Waals surface area contributed by atoms with E-state index < -0.39 is 6.03 Å². The van der Waals surface area contributed by atoms with E-state index in [9.17, 15) is 9.59 Å². The van der Waals surface area contributed by atoms with Gasteiger partial charge >= 0.3 is 6.03 Å². The molecule has 0 saturated carbocycles. The number of ether oxygens (including phenoxy) is 1. The van der Waals surface area contributed by atoms with Crippen LogP contribution in [-0.4, -0.2) is 28.3 Å². The molecule has 2 amide bonds. The van der Waals surface area contributed by atoms with E-state index in [-0.39, 0.29) is 12.1 Å². The van der Waals surface area contributed by atoms with Gasteiger partial charge in [-0.1, -0.05) is 0 Å². The van der Waals surface area contributed by atoms with E-state index in [0.29, 0.717) is 17.1 Å². The van der Waals surface area contributed by atoms with Crippen molar-refractivity contribution in [3.63, 3.8) is 0 Å². The predicted molar refractivity (Wildman–Crippen MR) is 81.0 cm³/mol. The predicted octanol–water partition coefficient (Wildman–Crippen LogP) is 1.11. The molecule has 2 heterocycles. The number of methoxy groups -OCH3 is 1. The van der Waals surface area contributed by atoms with E-state index in [4.69, 9.17) is 4.74 Å². The van der Waals surface area contributed by atoms with Crippen LogP contribution < -0.4 is 20.9 Å².